The molecule has 13 heavy (non-hydrogen) atoms. The van der Waals surface area contributed by atoms with Gasteiger partial charge in [-0.3, -0.25) is 4.79 Å². The first-order valence-corrected chi connectivity index (χ1v) is 5.18. The summed E-state index contributed by atoms with van der Waals surface area (Å²) < 4.78 is 5.17. The highest BCUT2D eigenvalue weighted by Crippen LogP contribution is 2.33. The topological polar surface area (TPSA) is 29.6 Å². The van der Waals surface area contributed by atoms with Crippen LogP contribution in [-0.4, -0.2) is 18.0 Å². The van der Waals surface area contributed by atoms with Crippen molar-refractivity contribution in [3.05, 3.63) is 0 Å². The van der Waals surface area contributed by atoms with E-state index in [1.165, 1.54) is 0 Å². The van der Waals surface area contributed by atoms with Gasteiger partial charge < -0.3 is 4.74 Å². The van der Waals surface area contributed by atoms with Crippen molar-refractivity contribution in [1.82, 2.24) is 0 Å². The maximum atomic E-state index is 11.9. The van der Waals surface area contributed by atoms with E-state index >= 15 is 0 Å². The lowest BCUT2D eigenvalue weighted by Gasteiger charge is -2.17. The fourth-order valence-electron chi connectivity index (χ4n) is 1.71. The van der Waals surface area contributed by atoms with Gasteiger partial charge in [0.1, 0.15) is 5.60 Å². The zero-order chi connectivity index (χ0) is 10.1. The molecule has 1 aliphatic heterocycles. The summed E-state index contributed by atoms with van der Waals surface area (Å²) in [5, 5.41) is 0. The fourth-order valence-corrected chi connectivity index (χ4v) is 1.71. The second-order valence-corrected chi connectivity index (χ2v) is 4.62. The summed E-state index contributed by atoms with van der Waals surface area (Å²) in [4.78, 5) is 11.9. The van der Waals surface area contributed by atoms with E-state index in [-0.39, 0.29) is 5.92 Å². The number of hydrogen-bond acceptors (Lipinski definition) is 2. The van der Waals surface area contributed by atoms with Crippen LogP contribution in [0, 0.1) is 11.8 Å². The number of Topliss-reactive ketones (excluding diaryl/α,β-unsaturated/α-hetero) is 1. The third-order valence-electron chi connectivity index (χ3n) is 2.72. The Labute approximate surface area is 80.7 Å². The number of carbonyl (C=O) groups is 1. The maximum Gasteiger partial charge on any atom is 0.169 e. The zero-order valence-corrected chi connectivity index (χ0v) is 9.09. The minimum Gasteiger partial charge on any atom is -0.362 e. The Morgan fingerprint density at radius 3 is 2.38 bits per heavy atom. The normalized spacial score (nSPS) is 29.0. The van der Waals surface area contributed by atoms with Gasteiger partial charge in [0.25, 0.3) is 0 Å². The Morgan fingerprint density at radius 2 is 2.08 bits per heavy atom. The molecule has 1 fully saturated rings. The number of ketones is 1. The van der Waals surface area contributed by atoms with Gasteiger partial charge in [-0.15, -0.1) is 0 Å². The van der Waals surface area contributed by atoms with E-state index in [0.29, 0.717) is 18.3 Å². The molecular formula is C11H20O2. The van der Waals surface area contributed by atoms with Crippen LogP contribution in [-0.2, 0) is 9.53 Å². The third kappa shape index (κ3) is 2.53. The first-order valence-electron chi connectivity index (χ1n) is 5.18. The molecule has 1 rings (SSSR count). The number of rotatable bonds is 5. The highest BCUT2D eigenvalue weighted by molar-refractivity contribution is 5.91. The van der Waals surface area contributed by atoms with E-state index in [9.17, 15) is 4.79 Å². The van der Waals surface area contributed by atoms with Crippen molar-refractivity contribution in [1.29, 1.82) is 0 Å². The molecule has 0 unspecified atom stereocenters. The van der Waals surface area contributed by atoms with Gasteiger partial charge in [-0.05, 0) is 25.7 Å². The monoisotopic (exact) mass is 184 g/mol. The van der Waals surface area contributed by atoms with E-state index in [4.69, 9.17) is 4.74 Å². The van der Waals surface area contributed by atoms with Crippen LogP contribution in [0.2, 0.25) is 0 Å². The van der Waals surface area contributed by atoms with Crippen molar-refractivity contribution in [2.45, 2.75) is 46.1 Å². The average Bonchev–Trinajstić information content (AvgIpc) is 2.79. The number of ether oxygens (including phenoxy) is 1. The summed E-state index contributed by atoms with van der Waals surface area (Å²) in [6.07, 6.45) is 1.93. The zero-order valence-electron chi connectivity index (χ0n) is 9.09. The molecule has 1 saturated heterocycles. The molecule has 2 atom stereocenters. The van der Waals surface area contributed by atoms with Crippen LogP contribution in [0.5, 0.6) is 0 Å². The van der Waals surface area contributed by atoms with E-state index in [1.54, 1.807) is 0 Å². The molecule has 1 heterocycles. The molecule has 0 aliphatic carbocycles. The fraction of sp³-hybridized carbons (Fsp3) is 0.909. The summed E-state index contributed by atoms with van der Waals surface area (Å²) in [5.41, 5.74) is -0.421. The van der Waals surface area contributed by atoms with Crippen molar-refractivity contribution < 1.29 is 9.53 Å². The van der Waals surface area contributed by atoms with Gasteiger partial charge in [0.2, 0.25) is 0 Å². The lowest BCUT2D eigenvalue weighted by Crippen LogP contribution is -2.29. The average molecular weight is 184 g/mol. The third-order valence-corrected chi connectivity index (χ3v) is 2.72. The molecule has 0 N–H and O–H groups in total. The highest BCUT2D eigenvalue weighted by Gasteiger charge is 2.48. The second kappa shape index (κ2) is 3.79. The van der Waals surface area contributed by atoms with E-state index in [0.717, 1.165) is 12.8 Å². The lowest BCUT2D eigenvalue weighted by molar-refractivity contribution is -0.128. The van der Waals surface area contributed by atoms with Gasteiger partial charge in [-0.25, -0.2) is 0 Å². The SMILES string of the molecule is CC[C@@H](CC(C)C)C(=O)[C@@]1(C)CO1. The molecule has 0 aromatic carbocycles. The molecule has 0 aromatic heterocycles. The van der Waals surface area contributed by atoms with Crippen molar-refractivity contribution >= 4 is 5.78 Å². The summed E-state index contributed by atoms with van der Waals surface area (Å²) in [6.45, 7) is 8.92. The lowest BCUT2D eigenvalue weighted by atomic mass is 9.86. The molecule has 2 heteroatoms. The van der Waals surface area contributed by atoms with Crippen LogP contribution >= 0.6 is 0 Å². The molecule has 2 nitrogen and oxygen atoms in total. The Bertz CT molecular complexity index is 192. The summed E-state index contributed by atoms with van der Waals surface area (Å²) >= 11 is 0. The van der Waals surface area contributed by atoms with Crippen LogP contribution in [0.1, 0.15) is 40.5 Å². The van der Waals surface area contributed by atoms with E-state index < -0.39 is 5.60 Å². The molecule has 0 amide bonds. The quantitative estimate of drug-likeness (QED) is 0.614. The standard InChI is InChI=1S/C11H20O2/c1-5-9(6-8(2)3)10(12)11(4)7-13-11/h8-9H,5-7H2,1-4H3/t9-,11+/m0/s1. The van der Waals surface area contributed by atoms with Gasteiger partial charge in [0, 0.05) is 5.92 Å². The van der Waals surface area contributed by atoms with Crippen LogP contribution < -0.4 is 0 Å². The van der Waals surface area contributed by atoms with Gasteiger partial charge in [0.15, 0.2) is 5.78 Å². The Morgan fingerprint density at radius 1 is 1.54 bits per heavy atom. The molecular weight excluding hydrogens is 164 g/mol. The molecule has 0 radical (unpaired) electrons. The molecule has 0 bridgehead atoms. The first kappa shape index (κ1) is 10.7. The highest BCUT2D eigenvalue weighted by atomic mass is 16.6. The number of epoxide rings is 1. The van der Waals surface area contributed by atoms with Gasteiger partial charge in [0.05, 0.1) is 6.61 Å². The van der Waals surface area contributed by atoms with E-state index in [2.05, 4.69) is 20.8 Å². The maximum absolute atomic E-state index is 11.9. The van der Waals surface area contributed by atoms with Crippen LogP contribution in [0.15, 0.2) is 0 Å². The molecule has 0 saturated carbocycles. The summed E-state index contributed by atoms with van der Waals surface area (Å²) in [7, 11) is 0. The van der Waals surface area contributed by atoms with Gasteiger partial charge >= 0.3 is 0 Å². The summed E-state index contributed by atoms with van der Waals surface area (Å²) in [6, 6.07) is 0. The molecule has 0 aromatic rings. The number of carbonyl (C=O) groups excluding carboxylic acids is 1. The molecule has 0 spiro atoms. The van der Waals surface area contributed by atoms with E-state index in [1.807, 2.05) is 6.92 Å². The van der Waals surface area contributed by atoms with Crippen LogP contribution in [0.25, 0.3) is 0 Å². The first-order chi connectivity index (χ1) is 5.99. The van der Waals surface area contributed by atoms with Crippen LogP contribution in [0.3, 0.4) is 0 Å². The summed E-state index contributed by atoms with van der Waals surface area (Å²) in [5.74, 6) is 1.10. The molecule has 1 aliphatic rings. The Kier molecular flexibility index (Phi) is 3.12. The number of hydrogen-bond donors (Lipinski definition) is 0. The van der Waals surface area contributed by atoms with Crippen LogP contribution in [0.4, 0.5) is 0 Å². The van der Waals surface area contributed by atoms with Gasteiger partial charge in [-0.1, -0.05) is 20.8 Å². The minimum absolute atomic E-state index is 0.201. The Balaban J connectivity index is 2.51. The Hall–Kier alpha value is -0.370. The largest absolute Gasteiger partial charge is 0.362 e. The predicted octanol–water partition coefficient (Wildman–Crippen LogP) is 2.42. The molecule has 76 valence electrons. The smallest absolute Gasteiger partial charge is 0.169 e. The van der Waals surface area contributed by atoms with Crippen molar-refractivity contribution in [3.8, 4) is 0 Å². The minimum atomic E-state index is -0.421. The van der Waals surface area contributed by atoms with Crippen molar-refractivity contribution in [3.63, 3.8) is 0 Å². The van der Waals surface area contributed by atoms with Gasteiger partial charge in [-0.2, -0.15) is 0 Å². The predicted molar refractivity (Wildman–Crippen MR) is 52.6 cm³/mol. The van der Waals surface area contributed by atoms with Crippen molar-refractivity contribution in [2.24, 2.45) is 11.8 Å². The van der Waals surface area contributed by atoms with Crippen molar-refractivity contribution in [2.75, 3.05) is 6.61 Å². The second-order valence-electron chi connectivity index (χ2n) is 4.62.